The summed E-state index contributed by atoms with van der Waals surface area (Å²) in [4.78, 5) is 33.3. The van der Waals surface area contributed by atoms with Crippen LogP contribution in [-0.4, -0.2) is 55.6 Å². The molecule has 0 fully saturated rings. The van der Waals surface area contributed by atoms with E-state index in [2.05, 4.69) is 17.4 Å². The number of methoxy groups -OCH3 is 1. The van der Waals surface area contributed by atoms with Crippen LogP contribution in [0, 0.1) is 5.92 Å². The van der Waals surface area contributed by atoms with Gasteiger partial charge >= 0.3 is 0 Å². The Labute approximate surface area is 222 Å². The monoisotopic (exact) mass is 518 g/mol. The summed E-state index contributed by atoms with van der Waals surface area (Å²) >= 11 is 0. The molecule has 2 aromatic carbocycles. The van der Waals surface area contributed by atoms with Crippen LogP contribution >= 0.6 is 0 Å². The number of aliphatic imine (C=N–C) groups is 1. The lowest BCUT2D eigenvalue weighted by atomic mass is 9.88. The third-order valence-corrected chi connectivity index (χ3v) is 8.09. The van der Waals surface area contributed by atoms with Crippen LogP contribution in [0.1, 0.15) is 71.2 Å². The van der Waals surface area contributed by atoms with Crippen molar-refractivity contribution in [2.24, 2.45) is 16.6 Å². The number of guanidine groups is 1. The molecular weight excluding hydrogens is 484 g/mol. The van der Waals surface area contributed by atoms with E-state index in [9.17, 15) is 9.59 Å². The highest BCUT2D eigenvalue weighted by Gasteiger charge is 2.38. The van der Waals surface area contributed by atoms with Gasteiger partial charge in [0.15, 0.2) is 5.96 Å². The topological polar surface area (TPSA) is 115 Å². The minimum Gasteiger partial charge on any atom is -0.493 e. The van der Waals surface area contributed by atoms with Crippen LogP contribution < -0.4 is 20.5 Å². The number of carbonyl (C=O) groups excluding carboxylic acids is 2. The number of amides is 2. The second-order valence-corrected chi connectivity index (χ2v) is 10.6. The number of ether oxygens (including phenoxy) is 3. The van der Waals surface area contributed by atoms with E-state index in [-0.39, 0.29) is 41.8 Å². The Morgan fingerprint density at radius 1 is 1.08 bits per heavy atom. The van der Waals surface area contributed by atoms with Crippen molar-refractivity contribution >= 4 is 17.8 Å². The molecule has 0 spiro atoms. The molecule has 5 aliphatic heterocycles. The van der Waals surface area contributed by atoms with Crippen molar-refractivity contribution in [1.82, 2.24) is 10.2 Å². The molecule has 5 heterocycles. The number of rotatable bonds is 2. The Bertz CT molecular complexity index is 1280. The zero-order valence-corrected chi connectivity index (χ0v) is 21.7. The number of nitrogens with zero attached hydrogens (tertiary/aromatic N) is 2. The smallest absolute Gasteiger partial charge is 0.251 e. The highest BCUT2D eigenvalue weighted by molar-refractivity contribution is 5.99. The largest absolute Gasteiger partial charge is 0.493 e. The molecule has 6 bridgehead atoms. The summed E-state index contributed by atoms with van der Waals surface area (Å²) in [5, 5.41) is 3.27. The molecule has 5 aliphatic rings. The minimum atomic E-state index is -0.324. The lowest BCUT2D eigenvalue weighted by molar-refractivity contribution is -0.130. The van der Waals surface area contributed by atoms with E-state index >= 15 is 0 Å². The second kappa shape index (κ2) is 10.3. The maximum Gasteiger partial charge on any atom is 0.251 e. The zero-order chi connectivity index (χ0) is 26.2. The fourth-order valence-corrected chi connectivity index (χ4v) is 6.17. The molecule has 200 valence electrons. The molecule has 0 saturated heterocycles. The molecule has 7 rings (SSSR count). The number of nitrogens with two attached hydrogens (primary N) is 1. The first-order valence-corrected chi connectivity index (χ1v) is 13.5. The number of aryl methyl sites for hydroxylation is 1. The molecule has 0 saturated carbocycles. The van der Waals surface area contributed by atoms with Crippen LogP contribution in [0.25, 0.3) is 0 Å². The summed E-state index contributed by atoms with van der Waals surface area (Å²) in [5.74, 6) is 1.46. The Kier molecular flexibility index (Phi) is 6.69. The summed E-state index contributed by atoms with van der Waals surface area (Å²) in [6.07, 6.45) is 4.54. The number of carbonyl (C=O) groups is 2. The van der Waals surface area contributed by atoms with Gasteiger partial charge in [0, 0.05) is 42.6 Å². The highest BCUT2D eigenvalue weighted by Crippen LogP contribution is 2.40. The van der Waals surface area contributed by atoms with Crippen LogP contribution in [-0.2, 0) is 16.0 Å². The number of benzene rings is 2. The molecule has 3 unspecified atom stereocenters. The van der Waals surface area contributed by atoms with Crippen LogP contribution in [0.5, 0.6) is 11.5 Å². The van der Waals surface area contributed by atoms with Gasteiger partial charge in [0.25, 0.3) is 5.91 Å². The third kappa shape index (κ3) is 4.60. The average Bonchev–Trinajstić information content (AvgIpc) is 2.91. The van der Waals surface area contributed by atoms with E-state index in [1.807, 2.05) is 18.2 Å². The molecule has 4 atom stereocenters. The molecule has 0 aromatic heterocycles. The van der Waals surface area contributed by atoms with E-state index in [1.165, 1.54) is 5.56 Å². The number of hydrogen-bond donors (Lipinski definition) is 2. The highest BCUT2D eigenvalue weighted by atomic mass is 16.5. The molecule has 2 aromatic rings. The van der Waals surface area contributed by atoms with Gasteiger partial charge in [-0.1, -0.05) is 18.6 Å². The Hall–Kier alpha value is -3.59. The van der Waals surface area contributed by atoms with E-state index < -0.39 is 0 Å². The van der Waals surface area contributed by atoms with Gasteiger partial charge in [0.2, 0.25) is 5.91 Å². The Morgan fingerprint density at radius 2 is 1.92 bits per heavy atom. The van der Waals surface area contributed by atoms with Gasteiger partial charge in [-0.2, -0.15) is 0 Å². The van der Waals surface area contributed by atoms with Crippen molar-refractivity contribution in [1.29, 1.82) is 0 Å². The minimum absolute atomic E-state index is 0.0264. The number of nitrogens with one attached hydrogen (secondary N) is 1. The van der Waals surface area contributed by atoms with Crippen molar-refractivity contribution in [2.45, 2.75) is 56.7 Å². The average molecular weight is 519 g/mol. The standard InChI is InChI=1S/C29H34N4O5/c1-36-15-19-16-38-25-8-6-17-4-2-3-5-20-14-26(34)33(29(30)31-20)23-10-11-37-24-9-7-18(13-21(23)24)28(35)32-27(19)22(25)12-17/h6-9,12-13,19-20,23,27H,2-5,10-11,14-16H2,1H3,(H2,30,31)(H,32,35)/t19?,20?,23-,27?/m1/s1. The third-order valence-electron chi connectivity index (χ3n) is 8.09. The maximum absolute atomic E-state index is 13.7. The molecule has 38 heavy (non-hydrogen) atoms. The van der Waals surface area contributed by atoms with Gasteiger partial charge in [-0.25, -0.2) is 4.99 Å². The maximum atomic E-state index is 13.7. The second-order valence-electron chi connectivity index (χ2n) is 10.6. The van der Waals surface area contributed by atoms with Gasteiger partial charge < -0.3 is 25.3 Å². The molecule has 9 nitrogen and oxygen atoms in total. The lowest BCUT2D eigenvalue weighted by Crippen LogP contribution is -2.50. The number of fused-ring (bicyclic) bond motifs is 5. The van der Waals surface area contributed by atoms with Crippen molar-refractivity contribution in [3.63, 3.8) is 0 Å². The van der Waals surface area contributed by atoms with E-state index in [0.717, 1.165) is 42.6 Å². The van der Waals surface area contributed by atoms with E-state index in [0.29, 0.717) is 44.0 Å². The first-order valence-electron chi connectivity index (χ1n) is 13.5. The van der Waals surface area contributed by atoms with Gasteiger partial charge in [0.05, 0.1) is 37.9 Å². The molecule has 0 radical (unpaired) electrons. The molecule has 3 N–H and O–H groups in total. The predicted octanol–water partition coefficient (Wildman–Crippen LogP) is 3.28. The van der Waals surface area contributed by atoms with Crippen LogP contribution in [0.3, 0.4) is 0 Å². The molecular formula is C29H34N4O5. The van der Waals surface area contributed by atoms with Crippen molar-refractivity contribution in [2.75, 3.05) is 26.9 Å². The summed E-state index contributed by atoms with van der Waals surface area (Å²) < 4.78 is 17.4. The lowest BCUT2D eigenvalue weighted by Gasteiger charge is -2.38. The van der Waals surface area contributed by atoms with Gasteiger partial charge in [-0.3, -0.25) is 14.5 Å². The van der Waals surface area contributed by atoms with E-state index in [4.69, 9.17) is 24.9 Å². The Balaban J connectivity index is 1.41. The molecule has 9 heteroatoms. The molecule has 2 amide bonds. The first kappa shape index (κ1) is 24.7. The van der Waals surface area contributed by atoms with Gasteiger partial charge in [-0.15, -0.1) is 0 Å². The summed E-state index contributed by atoms with van der Waals surface area (Å²) in [6, 6.07) is 11.0. The van der Waals surface area contributed by atoms with Gasteiger partial charge in [-0.05, 0) is 49.1 Å². The van der Waals surface area contributed by atoms with Crippen molar-refractivity contribution < 1.29 is 23.8 Å². The van der Waals surface area contributed by atoms with Crippen LogP contribution in [0.15, 0.2) is 41.4 Å². The van der Waals surface area contributed by atoms with E-state index in [1.54, 1.807) is 18.1 Å². The quantitative estimate of drug-likeness (QED) is 0.631. The SMILES string of the molecule is COCC1COc2ccc3cc2C1NC(=O)c1ccc2c(c1)[C@@H](CCO2)N1C(=O)CC(CCCC3)N=C1N. The molecule has 0 aliphatic carbocycles. The summed E-state index contributed by atoms with van der Waals surface area (Å²) in [7, 11) is 1.66. The summed E-state index contributed by atoms with van der Waals surface area (Å²) in [6.45, 7) is 1.39. The zero-order valence-electron chi connectivity index (χ0n) is 21.7. The summed E-state index contributed by atoms with van der Waals surface area (Å²) in [5.41, 5.74) is 9.83. The van der Waals surface area contributed by atoms with Gasteiger partial charge in [0.1, 0.15) is 11.5 Å². The normalized spacial score (nSPS) is 26.9. The Morgan fingerprint density at radius 3 is 2.76 bits per heavy atom. The fraction of sp³-hybridized carbons (Fsp3) is 0.483. The van der Waals surface area contributed by atoms with Crippen LogP contribution in [0.4, 0.5) is 0 Å². The number of hydrogen-bond acceptors (Lipinski definition) is 7. The fourth-order valence-electron chi connectivity index (χ4n) is 6.17. The van der Waals surface area contributed by atoms with Crippen LogP contribution in [0.2, 0.25) is 0 Å². The predicted molar refractivity (Wildman–Crippen MR) is 141 cm³/mol. The first-order chi connectivity index (χ1) is 18.5. The van der Waals surface area contributed by atoms with Crippen molar-refractivity contribution in [3.8, 4) is 11.5 Å². The van der Waals surface area contributed by atoms with Crippen molar-refractivity contribution in [3.05, 3.63) is 58.7 Å².